The first-order valence-electron chi connectivity index (χ1n) is 5.36. The summed E-state index contributed by atoms with van der Waals surface area (Å²) in [6, 6.07) is 2.79. The molecule has 0 radical (unpaired) electrons. The van der Waals surface area contributed by atoms with E-state index < -0.39 is 23.7 Å². The molecule has 5 nitrogen and oxygen atoms in total. The Morgan fingerprint density at radius 2 is 1.95 bits per heavy atom. The van der Waals surface area contributed by atoms with E-state index in [1.165, 1.54) is 19.2 Å². The summed E-state index contributed by atoms with van der Waals surface area (Å²) in [4.78, 5) is 22.1. The third kappa shape index (κ3) is 4.72. The lowest BCUT2D eigenvalue weighted by molar-refractivity contribution is -0.138. The fraction of sp³-hybridized carbons (Fsp3) is 0.273. The van der Waals surface area contributed by atoms with Gasteiger partial charge in [0.25, 0.3) is 0 Å². The zero-order valence-corrected chi connectivity index (χ0v) is 11.9. The van der Waals surface area contributed by atoms with Gasteiger partial charge in [0, 0.05) is 17.2 Å². The van der Waals surface area contributed by atoms with Crippen LogP contribution in [0.2, 0.25) is 0 Å². The first kappa shape index (κ1) is 16.3. The fourth-order valence-electron chi connectivity index (χ4n) is 1.27. The van der Waals surface area contributed by atoms with E-state index in [0.29, 0.717) is 0 Å². The second kappa shape index (κ2) is 6.60. The molecule has 0 unspecified atom stereocenters. The normalized spacial score (nSPS) is 10.8. The molecule has 0 aliphatic rings. The molecule has 1 aromatic rings. The summed E-state index contributed by atoms with van der Waals surface area (Å²) >= 11 is 2.81. The maximum Gasteiger partial charge on any atom is 0.417 e. The van der Waals surface area contributed by atoms with Gasteiger partial charge in [0.15, 0.2) is 0 Å². The maximum atomic E-state index is 12.7. The average molecular weight is 354 g/mol. The van der Waals surface area contributed by atoms with Crippen LogP contribution in [-0.4, -0.2) is 25.5 Å². The van der Waals surface area contributed by atoms with E-state index in [2.05, 4.69) is 26.6 Å². The van der Waals surface area contributed by atoms with Crippen molar-refractivity contribution < 1.29 is 22.8 Å². The van der Waals surface area contributed by atoms with Crippen molar-refractivity contribution in [2.45, 2.75) is 6.18 Å². The number of nitrogens with one attached hydrogen (secondary N) is 3. The third-order valence-corrected chi connectivity index (χ3v) is 2.90. The van der Waals surface area contributed by atoms with Gasteiger partial charge in [0.2, 0.25) is 5.91 Å². The van der Waals surface area contributed by atoms with Crippen LogP contribution in [0.1, 0.15) is 5.56 Å². The number of urea groups is 1. The molecule has 3 N–H and O–H groups in total. The van der Waals surface area contributed by atoms with E-state index in [1.807, 2.05) is 5.32 Å². The minimum Gasteiger partial charge on any atom is -0.376 e. The van der Waals surface area contributed by atoms with Gasteiger partial charge < -0.3 is 10.6 Å². The Bertz CT molecular complexity index is 520. The number of halogens is 4. The minimum atomic E-state index is -4.50. The van der Waals surface area contributed by atoms with Crippen molar-refractivity contribution in [1.29, 1.82) is 0 Å². The van der Waals surface area contributed by atoms with Crippen molar-refractivity contribution in [2.75, 3.05) is 18.9 Å². The van der Waals surface area contributed by atoms with Gasteiger partial charge >= 0.3 is 12.2 Å². The Kier molecular flexibility index (Phi) is 5.37. The smallest absolute Gasteiger partial charge is 0.376 e. The number of imide groups is 1. The highest BCUT2D eigenvalue weighted by atomic mass is 79.9. The number of benzene rings is 1. The summed E-state index contributed by atoms with van der Waals surface area (Å²) in [5.74, 6) is -0.666. The number of anilines is 1. The monoisotopic (exact) mass is 353 g/mol. The highest BCUT2D eigenvalue weighted by molar-refractivity contribution is 9.10. The summed E-state index contributed by atoms with van der Waals surface area (Å²) in [5.41, 5.74) is -0.734. The largest absolute Gasteiger partial charge is 0.417 e. The molecule has 0 heterocycles. The standard InChI is InChI=1S/C11H11BrF3N3O2/c1-16-10(20)18-9(19)5-17-6-2-3-8(12)7(4-6)11(13,14)15/h2-4,17H,5H2,1H3,(H2,16,18,19,20). The van der Waals surface area contributed by atoms with Crippen LogP contribution in [0.25, 0.3) is 0 Å². The molecule has 0 bridgehead atoms. The Morgan fingerprint density at radius 3 is 2.50 bits per heavy atom. The molecule has 0 saturated carbocycles. The molecule has 20 heavy (non-hydrogen) atoms. The zero-order chi connectivity index (χ0) is 15.3. The van der Waals surface area contributed by atoms with Gasteiger partial charge in [-0.15, -0.1) is 0 Å². The topological polar surface area (TPSA) is 70.2 Å². The second-order valence-electron chi connectivity index (χ2n) is 3.67. The Hall–Kier alpha value is -1.77. The minimum absolute atomic E-state index is 0.0923. The molecule has 1 aromatic carbocycles. The number of rotatable bonds is 3. The van der Waals surface area contributed by atoms with E-state index in [-0.39, 0.29) is 16.7 Å². The lowest BCUT2D eigenvalue weighted by Crippen LogP contribution is -2.40. The lowest BCUT2D eigenvalue weighted by Gasteiger charge is -2.12. The summed E-state index contributed by atoms with van der Waals surface area (Å²) in [7, 11) is 1.33. The third-order valence-electron chi connectivity index (χ3n) is 2.20. The first-order valence-corrected chi connectivity index (χ1v) is 6.15. The van der Waals surface area contributed by atoms with Crippen molar-refractivity contribution in [2.24, 2.45) is 0 Å². The summed E-state index contributed by atoms with van der Waals surface area (Å²) in [6.45, 7) is -0.327. The number of amides is 3. The predicted molar refractivity (Wildman–Crippen MR) is 70.2 cm³/mol. The van der Waals surface area contributed by atoms with E-state index >= 15 is 0 Å². The van der Waals surface area contributed by atoms with Crippen LogP contribution in [-0.2, 0) is 11.0 Å². The molecule has 3 amide bonds. The van der Waals surface area contributed by atoms with Gasteiger partial charge in [-0.1, -0.05) is 15.9 Å². The predicted octanol–water partition coefficient (Wildman–Crippen LogP) is 2.34. The molecule has 0 aromatic heterocycles. The summed E-state index contributed by atoms with van der Waals surface area (Å²) in [5, 5.41) is 6.65. The van der Waals surface area contributed by atoms with Gasteiger partial charge in [0.05, 0.1) is 12.1 Å². The van der Waals surface area contributed by atoms with E-state index in [1.54, 1.807) is 0 Å². The molecule has 0 aliphatic carbocycles. The molecule has 0 fully saturated rings. The molecule has 1 rings (SSSR count). The number of hydrogen-bond acceptors (Lipinski definition) is 3. The molecule has 0 aliphatic heterocycles. The summed E-state index contributed by atoms with van der Waals surface area (Å²) < 4.78 is 37.9. The van der Waals surface area contributed by atoms with Gasteiger partial charge in [-0.25, -0.2) is 4.79 Å². The second-order valence-corrected chi connectivity index (χ2v) is 4.53. The van der Waals surface area contributed by atoms with E-state index in [9.17, 15) is 22.8 Å². The van der Waals surface area contributed by atoms with Crippen molar-refractivity contribution in [3.8, 4) is 0 Å². The van der Waals surface area contributed by atoms with Crippen molar-refractivity contribution >= 4 is 33.6 Å². The highest BCUT2D eigenvalue weighted by Gasteiger charge is 2.33. The highest BCUT2D eigenvalue weighted by Crippen LogP contribution is 2.36. The Labute approximate surface area is 121 Å². The Morgan fingerprint density at radius 1 is 1.30 bits per heavy atom. The van der Waals surface area contributed by atoms with Crippen LogP contribution in [0, 0.1) is 0 Å². The molecule has 9 heteroatoms. The zero-order valence-electron chi connectivity index (χ0n) is 10.3. The van der Waals surface area contributed by atoms with E-state index in [0.717, 1.165) is 6.07 Å². The van der Waals surface area contributed by atoms with Crippen molar-refractivity contribution in [3.63, 3.8) is 0 Å². The quantitative estimate of drug-likeness (QED) is 0.781. The molecule has 110 valence electrons. The van der Waals surface area contributed by atoms with Crippen LogP contribution in [0.15, 0.2) is 22.7 Å². The first-order chi connectivity index (χ1) is 9.24. The lowest BCUT2D eigenvalue weighted by atomic mass is 10.2. The van der Waals surface area contributed by atoms with Crippen LogP contribution in [0.5, 0.6) is 0 Å². The SMILES string of the molecule is CNC(=O)NC(=O)CNc1ccc(Br)c(C(F)(F)F)c1. The summed E-state index contributed by atoms with van der Waals surface area (Å²) in [6.07, 6.45) is -4.50. The van der Waals surface area contributed by atoms with Crippen LogP contribution in [0.3, 0.4) is 0 Å². The Balaban J connectivity index is 2.70. The number of carbonyl (C=O) groups is 2. The van der Waals surface area contributed by atoms with Crippen LogP contribution < -0.4 is 16.0 Å². The van der Waals surface area contributed by atoms with Crippen LogP contribution in [0.4, 0.5) is 23.7 Å². The molecular formula is C11H11BrF3N3O2. The molecule has 0 spiro atoms. The number of hydrogen-bond donors (Lipinski definition) is 3. The van der Waals surface area contributed by atoms with E-state index in [4.69, 9.17) is 0 Å². The number of carbonyl (C=O) groups excluding carboxylic acids is 2. The number of alkyl halides is 3. The van der Waals surface area contributed by atoms with Crippen molar-refractivity contribution in [1.82, 2.24) is 10.6 Å². The van der Waals surface area contributed by atoms with Gasteiger partial charge in [-0.2, -0.15) is 13.2 Å². The van der Waals surface area contributed by atoms with Gasteiger partial charge in [0.1, 0.15) is 0 Å². The van der Waals surface area contributed by atoms with Gasteiger partial charge in [-0.3, -0.25) is 10.1 Å². The fourth-order valence-corrected chi connectivity index (χ4v) is 1.74. The van der Waals surface area contributed by atoms with Gasteiger partial charge in [-0.05, 0) is 18.2 Å². The van der Waals surface area contributed by atoms with Crippen LogP contribution >= 0.6 is 15.9 Å². The molecule has 0 saturated heterocycles. The maximum absolute atomic E-state index is 12.7. The molecular weight excluding hydrogens is 343 g/mol. The average Bonchev–Trinajstić information content (AvgIpc) is 2.36. The molecule has 0 atom stereocenters. The van der Waals surface area contributed by atoms with Crippen molar-refractivity contribution in [3.05, 3.63) is 28.2 Å².